The normalized spacial score (nSPS) is 12.9. The molecule has 42 heavy (non-hydrogen) atoms. The minimum Gasteiger partial charge on any atom is -0.328 e. The summed E-state index contributed by atoms with van der Waals surface area (Å²) in [4.78, 5) is 33.7. The van der Waals surface area contributed by atoms with E-state index in [1.54, 1.807) is 44.2 Å². The molecule has 4 aromatic rings. The molecular formula is C31H29F6N3O2. The van der Waals surface area contributed by atoms with Crippen molar-refractivity contribution in [2.75, 3.05) is 6.54 Å². The fourth-order valence-corrected chi connectivity index (χ4v) is 5.09. The van der Waals surface area contributed by atoms with Gasteiger partial charge in [-0.25, -0.2) is 4.98 Å². The lowest BCUT2D eigenvalue weighted by molar-refractivity contribution is -0.143. The molecular weight excluding hydrogens is 560 g/mol. The van der Waals surface area contributed by atoms with E-state index in [1.807, 2.05) is 26.0 Å². The number of benzene rings is 3. The van der Waals surface area contributed by atoms with Crippen molar-refractivity contribution in [2.24, 2.45) is 0 Å². The monoisotopic (exact) mass is 589 g/mol. The molecule has 1 unspecified atom stereocenters. The Hall–Kier alpha value is -4.15. The Kier molecular flexibility index (Phi) is 8.52. The molecule has 222 valence electrons. The molecule has 4 rings (SSSR count). The largest absolute Gasteiger partial charge is 0.416 e. The van der Waals surface area contributed by atoms with E-state index in [1.165, 1.54) is 9.47 Å². The number of alkyl halides is 6. The van der Waals surface area contributed by atoms with Crippen LogP contribution in [-0.2, 0) is 12.4 Å². The van der Waals surface area contributed by atoms with Crippen LogP contribution in [0.2, 0.25) is 0 Å². The van der Waals surface area contributed by atoms with Crippen LogP contribution in [0, 0.1) is 13.8 Å². The first kappa shape index (κ1) is 30.8. The number of nitrogens with zero attached hydrogens (tertiary/aromatic N) is 3. The van der Waals surface area contributed by atoms with Gasteiger partial charge >= 0.3 is 12.4 Å². The number of halogens is 6. The Labute approximate surface area is 238 Å². The highest BCUT2D eigenvalue weighted by molar-refractivity contribution is 5.95. The molecule has 0 aliphatic heterocycles. The van der Waals surface area contributed by atoms with Gasteiger partial charge in [-0.3, -0.25) is 14.2 Å². The van der Waals surface area contributed by atoms with Gasteiger partial charge in [0, 0.05) is 12.1 Å². The summed E-state index contributed by atoms with van der Waals surface area (Å²) >= 11 is 0. The predicted molar refractivity (Wildman–Crippen MR) is 148 cm³/mol. The lowest BCUT2D eigenvalue weighted by atomic mass is 10.0. The number of amides is 1. The first-order valence-electron chi connectivity index (χ1n) is 13.4. The van der Waals surface area contributed by atoms with Crippen molar-refractivity contribution >= 4 is 16.8 Å². The summed E-state index contributed by atoms with van der Waals surface area (Å²) in [5.74, 6) is -0.882. The maximum absolute atomic E-state index is 13.9. The molecule has 0 spiro atoms. The van der Waals surface area contributed by atoms with E-state index >= 15 is 0 Å². The summed E-state index contributed by atoms with van der Waals surface area (Å²) < 4.78 is 83.0. The summed E-state index contributed by atoms with van der Waals surface area (Å²) in [6.45, 7) is 7.13. The first-order chi connectivity index (χ1) is 19.7. The van der Waals surface area contributed by atoms with Crippen LogP contribution in [0.3, 0.4) is 0 Å². The van der Waals surface area contributed by atoms with Crippen molar-refractivity contribution in [3.8, 4) is 5.69 Å². The van der Waals surface area contributed by atoms with Crippen molar-refractivity contribution in [1.29, 1.82) is 0 Å². The molecule has 1 amide bonds. The average molecular weight is 590 g/mol. The summed E-state index contributed by atoms with van der Waals surface area (Å²) in [6, 6.07) is 11.9. The van der Waals surface area contributed by atoms with Gasteiger partial charge in [0.05, 0.1) is 33.8 Å². The van der Waals surface area contributed by atoms with E-state index < -0.39 is 46.6 Å². The van der Waals surface area contributed by atoms with E-state index in [-0.39, 0.29) is 24.9 Å². The Bertz CT molecular complexity index is 1660. The number of hydrogen-bond donors (Lipinski definition) is 0. The molecule has 5 nitrogen and oxygen atoms in total. The van der Waals surface area contributed by atoms with E-state index in [0.717, 1.165) is 11.1 Å². The number of aryl methyl sites for hydroxylation is 2. The van der Waals surface area contributed by atoms with E-state index in [9.17, 15) is 35.9 Å². The van der Waals surface area contributed by atoms with Crippen molar-refractivity contribution in [3.05, 3.63) is 105 Å². The third-order valence-corrected chi connectivity index (χ3v) is 7.02. The van der Waals surface area contributed by atoms with Crippen molar-refractivity contribution in [3.63, 3.8) is 0 Å². The summed E-state index contributed by atoms with van der Waals surface area (Å²) in [6.07, 6.45) is -9.71. The lowest BCUT2D eigenvalue weighted by Gasteiger charge is -2.33. The SMILES string of the molecule is CCCN(C(=O)c1cc(C(F)(F)F)cc(C(F)(F)F)c1)C(CC)c1nc2ccccc2c(=O)n1-c1ccc(C)cc1C. The fourth-order valence-electron chi connectivity index (χ4n) is 5.09. The third kappa shape index (κ3) is 6.05. The number of fused-ring (bicyclic) bond motifs is 1. The van der Waals surface area contributed by atoms with Gasteiger partial charge in [0.1, 0.15) is 5.82 Å². The zero-order valence-electron chi connectivity index (χ0n) is 23.4. The number of aromatic nitrogens is 2. The standard InChI is InChI=1S/C31H29F6N3O2/c1-5-13-39(28(41)20-15-21(30(32,33)34)17-22(16-20)31(35,36)37)25(6-2)27-38-24-10-8-7-9-23(24)29(42)40(27)26-12-11-18(3)14-19(26)4/h7-12,14-17,25H,5-6,13H2,1-4H3. The minimum absolute atomic E-state index is 0.00941. The van der Waals surface area contributed by atoms with Gasteiger partial charge in [0.15, 0.2) is 0 Å². The maximum Gasteiger partial charge on any atom is 0.416 e. The highest BCUT2D eigenvalue weighted by Crippen LogP contribution is 2.37. The van der Waals surface area contributed by atoms with Crippen LogP contribution >= 0.6 is 0 Å². The van der Waals surface area contributed by atoms with Gasteiger partial charge < -0.3 is 4.90 Å². The van der Waals surface area contributed by atoms with Gasteiger partial charge in [-0.1, -0.05) is 43.7 Å². The van der Waals surface area contributed by atoms with Gasteiger partial charge in [-0.15, -0.1) is 0 Å². The fraction of sp³-hybridized carbons (Fsp3) is 0.323. The molecule has 1 heterocycles. The molecule has 0 saturated carbocycles. The number of carbonyl (C=O) groups is 1. The molecule has 3 aromatic carbocycles. The smallest absolute Gasteiger partial charge is 0.328 e. The zero-order valence-corrected chi connectivity index (χ0v) is 23.4. The van der Waals surface area contributed by atoms with E-state index in [0.29, 0.717) is 35.1 Å². The average Bonchev–Trinajstić information content (AvgIpc) is 2.92. The van der Waals surface area contributed by atoms with Gasteiger partial charge in [-0.2, -0.15) is 26.3 Å². The topological polar surface area (TPSA) is 55.2 Å². The lowest BCUT2D eigenvalue weighted by Crippen LogP contribution is -2.39. The van der Waals surface area contributed by atoms with Crippen molar-refractivity contribution in [1.82, 2.24) is 14.5 Å². The Balaban J connectivity index is 1.98. The molecule has 11 heteroatoms. The second-order valence-electron chi connectivity index (χ2n) is 10.1. The van der Waals surface area contributed by atoms with Crippen LogP contribution in [0.25, 0.3) is 16.6 Å². The van der Waals surface area contributed by atoms with E-state index in [4.69, 9.17) is 4.98 Å². The Morgan fingerprint density at radius 2 is 1.52 bits per heavy atom. The van der Waals surface area contributed by atoms with Crippen LogP contribution < -0.4 is 5.56 Å². The second-order valence-corrected chi connectivity index (χ2v) is 10.1. The molecule has 1 atom stereocenters. The Morgan fingerprint density at radius 3 is 2.07 bits per heavy atom. The number of carbonyl (C=O) groups excluding carboxylic acids is 1. The molecule has 0 radical (unpaired) electrons. The minimum atomic E-state index is -5.11. The number of para-hydroxylation sites is 1. The number of rotatable bonds is 7. The van der Waals surface area contributed by atoms with Crippen LogP contribution in [0.5, 0.6) is 0 Å². The molecule has 0 fully saturated rings. The molecule has 0 aliphatic rings. The van der Waals surface area contributed by atoms with Gasteiger partial charge in [-0.05, 0) is 68.7 Å². The maximum atomic E-state index is 13.9. The molecule has 1 aromatic heterocycles. The van der Waals surface area contributed by atoms with Crippen LogP contribution in [0.4, 0.5) is 26.3 Å². The van der Waals surface area contributed by atoms with Crippen LogP contribution in [0.1, 0.15) is 71.2 Å². The zero-order chi connectivity index (χ0) is 31.0. The second kappa shape index (κ2) is 11.6. The quantitative estimate of drug-likeness (QED) is 0.205. The van der Waals surface area contributed by atoms with Crippen molar-refractivity contribution in [2.45, 2.75) is 58.9 Å². The van der Waals surface area contributed by atoms with Crippen LogP contribution in [0.15, 0.2) is 65.5 Å². The molecule has 0 N–H and O–H groups in total. The molecule has 0 bridgehead atoms. The van der Waals surface area contributed by atoms with Crippen LogP contribution in [-0.4, -0.2) is 26.9 Å². The predicted octanol–water partition coefficient (Wildman–Crippen LogP) is 8.04. The summed E-state index contributed by atoms with van der Waals surface area (Å²) in [5.41, 5.74) is -1.80. The first-order valence-corrected chi connectivity index (χ1v) is 13.4. The highest BCUT2D eigenvalue weighted by Gasteiger charge is 2.39. The number of hydrogen-bond acceptors (Lipinski definition) is 3. The van der Waals surface area contributed by atoms with Gasteiger partial charge in [0.2, 0.25) is 0 Å². The summed E-state index contributed by atoms with van der Waals surface area (Å²) in [5, 5.41) is 0.317. The molecule has 0 saturated heterocycles. The van der Waals surface area contributed by atoms with E-state index in [2.05, 4.69) is 0 Å². The summed E-state index contributed by atoms with van der Waals surface area (Å²) in [7, 11) is 0. The Morgan fingerprint density at radius 1 is 0.905 bits per heavy atom. The molecule has 0 aliphatic carbocycles. The van der Waals surface area contributed by atoms with Gasteiger partial charge in [0.25, 0.3) is 11.5 Å². The van der Waals surface area contributed by atoms with Crippen molar-refractivity contribution < 1.29 is 31.1 Å². The highest BCUT2D eigenvalue weighted by atomic mass is 19.4. The third-order valence-electron chi connectivity index (χ3n) is 7.02.